The van der Waals surface area contributed by atoms with Crippen LogP contribution in [0.25, 0.3) is 0 Å². The first-order valence-corrected chi connectivity index (χ1v) is 21.3. The number of amides is 3. The summed E-state index contributed by atoms with van der Waals surface area (Å²) in [6.45, 7) is 11.1. The van der Waals surface area contributed by atoms with Crippen LogP contribution in [0.1, 0.15) is 30.0 Å². The number of ether oxygens (including phenoxy) is 2. The number of aliphatic hydroxyl groups excluding tert-OH is 1. The number of carbonyl (C=O) groups excluding carboxylic acids is 3. The van der Waals surface area contributed by atoms with Gasteiger partial charge in [0.1, 0.15) is 5.75 Å². The van der Waals surface area contributed by atoms with E-state index < -0.39 is 19.8 Å². The highest BCUT2D eigenvalue weighted by Gasteiger charge is 2.66. The van der Waals surface area contributed by atoms with Crippen LogP contribution >= 0.6 is 0 Å². The van der Waals surface area contributed by atoms with Crippen LogP contribution in [0.15, 0.2) is 110 Å². The first-order valence-electron chi connectivity index (χ1n) is 18.2. The third kappa shape index (κ3) is 6.08. The molecule has 3 heterocycles. The van der Waals surface area contributed by atoms with Gasteiger partial charge in [0.05, 0.1) is 46.0 Å². The molecule has 0 bridgehead atoms. The number of fused-ring (bicyclic) bond motifs is 3. The van der Waals surface area contributed by atoms with Crippen molar-refractivity contribution in [3.8, 4) is 5.75 Å². The average molecular weight is 730 g/mol. The molecule has 1 N–H and O–H groups in total. The number of anilines is 3. The van der Waals surface area contributed by atoms with Crippen molar-refractivity contribution >= 4 is 48.5 Å². The van der Waals surface area contributed by atoms with Crippen molar-refractivity contribution in [3.05, 3.63) is 126 Å². The van der Waals surface area contributed by atoms with Crippen molar-refractivity contribution in [2.24, 2.45) is 5.92 Å². The zero-order chi connectivity index (χ0) is 37.5. The molecule has 0 radical (unpaired) electrons. The summed E-state index contributed by atoms with van der Waals surface area (Å²) in [5.74, 6) is 0.0889. The zero-order valence-corrected chi connectivity index (χ0v) is 31.8. The first-order chi connectivity index (χ1) is 25.6. The summed E-state index contributed by atoms with van der Waals surface area (Å²) in [4.78, 5) is 47.2. The van der Waals surface area contributed by atoms with Gasteiger partial charge in [-0.05, 0) is 65.6 Å². The minimum Gasteiger partial charge on any atom is -0.497 e. The average Bonchev–Trinajstić information content (AvgIpc) is 3.60. The molecule has 3 amide bonds. The van der Waals surface area contributed by atoms with Crippen molar-refractivity contribution in [1.29, 1.82) is 0 Å². The molecule has 3 aliphatic heterocycles. The van der Waals surface area contributed by atoms with Crippen LogP contribution in [0, 0.1) is 5.92 Å². The second kappa shape index (κ2) is 14.4. The Balaban J connectivity index is 1.34. The number of carbonyl (C=O) groups is 3. The number of hydrogen-bond acceptors (Lipinski definition) is 6. The standard InChI is InChI=1S/C43H47N3O6Si/c1-6-22-44-38-21-16-33(46(28-48)32-14-8-7-9-15-32)24-37(38)43(42(44)50)29(2)41(53(4,5)36-19-17-35(51-3)18-20-36)39(52-43)25-40(49)45-26-31-13-11-10-12-30(31)23-34(45)27-47/h6-21,24,28-29,34,39,41,47H,1,22-23,25-27H2,2-5H3/t29-,34+,39+,41-,43+/m1/s1. The number of hydrogen-bond donors (Lipinski definition) is 1. The van der Waals surface area contributed by atoms with E-state index in [0.29, 0.717) is 35.6 Å². The molecule has 1 saturated heterocycles. The maximum atomic E-state index is 15.0. The fourth-order valence-corrected chi connectivity index (χ4v) is 13.2. The van der Waals surface area contributed by atoms with E-state index in [2.05, 4.69) is 44.8 Å². The zero-order valence-electron chi connectivity index (χ0n) is 30.8. The summed E-state index contributed by atoms with van der Waals surface area (Å²) < 4.78 is 12.7. The minimum atomic E-state index is -2.55. The van der Waals surface area contributed by atoms with E-state index in [4.69, 9.17) is 9.47 Å². The molecule has 0 aromatic heterocycles. The van der Waals surface area contributed by atoms with E-state index >= 15 is 4.79 Å². The van der Waals surface area contributed by atoms with Crippen molar-refractivity contribution in [1.82, 2.24) is 4.90 Å². The van der Waals surface area contributed by atoms with Gasteiger partial charge in [0, 0.05) is 35.9 Å². The summed E-state index contributed by atoms with van der Waals surface area (Å²) in [6, 6.07) is 30.8. The van der Waals surface area contributed by atoms with Gasteiger partial charge in [-0.3, -0.25) is 19.3 Å². The Morgan fingerprint density at radius 1 is 1.02 bits per heavy atom. The molecule has 1 fully saturated rings. The predicted octanol–water partition coefficient (Wildman–Crippen LogP) is 6.07. The van der Waals surface area contributed by atoms with Crippen LogP contribution in [0.2, 0.25) is 18.6 Å². The van der Waals surface area contributed by atoms with E-state index in [9.17, 15) is 14.7 Å². The van der Waals surface area contributed by atoms with Crippen molar-refractivity contribution in [3.63, 3.8) is 0 Å². The van der Waals surface area contributed by atoms with E-state index in [1.165, 1.54) is 0 Å². The molecule has 0 unspecified atom stereocenters. The Morgan fingerprint density at radius 3 is 2.38 bits per heavy atom. The molecule has 5 atom stereocenters. The van der Waals surface area contributed by atoms with Crippen LogP contribution in [-0.4, -0.2) is 68.7 Å². The maximum Gasteiger partial charge on any atom is 0.264 e. The number of aliphatic hydroxyl groups is 1. The molecule has 4 aromatic carbocycles. The molecule has 4 aromatic rings. The van der Waals surface area contributed by atoms with E-state index in [1.807, 2.05) is 78.9 Å². The summed E-state index contributed by atoms with van der Waals surface area (Å²) in [6.07, 6.45) is 2.49. The Morgan fingerprint density at radius 2 is 1.72 bits per heavy atom. The van der Waals surface area contributed by atoms with Gasteiger partial charge in [0.15, 0.2) is 5.60 Å². The SMILES string of the molecule is C=CCN1C(=O)[C@@]2(O[C@@H](CC(=O)N3Cc4ccccc4C[C@H]3CO)[C@H]([Si](C)(C)c3ccc(OC)cc3)[C@H]2C)c2cc(N(C=O)c3ccccc3)ccc21. The fourth-order valence-electron chi connectivity index (χ4n) is 9.15. The minimum absolute atomic E-state index is 0.0518. The van der Waals surface area contributed by atoms with Gasteiger partial charge in [-0.2, -0.15) is 0 Å². The summed E-state index contributed by atoms with van der Waals surface area (Å²) in [7, 11) is -0.902. The fraction of sp³-hybridized carbons (Fsp3) is 0.326. The Hall–Kier alpha value is -5.03. The number of para-hydroxylation sites is 1. The number of rotatable bonds is 11. The molecule has 9 nitrogen and oxygen atoms in total. The predicted molar refractivity (Wildman–Crippen MR) is 209 cm³/mol. The van der Waals surface area contributed by atoms with Crippen molar-refractivity contribution in [2.75, 3.05) is 30.1 Å². The highest BCUT2D eigenvalue weighted by molar-refractivity contribution is 6.91. The van der Waals surface area contributed by atoms with Crippen LogP contribution in [-0.2, 0) is 37.7 Å². The van der Waals surface area contributed by atoms with Gasteiger partial charge in [-0.1, -0.05) is 85.9 Å². The molecule has 0 aliphatic carbocycles. The Kier molecular flexibility index (Phi) is 9.88. The molecule has 3 aliphatic rings. The van der Waals surface area contributed by atoms with Gasteiger partial charge in [-0.15, -0.1) is 6.58 Å². The summed E-state index contributed by atoms with van der Waals surface area (Å²) in [5.41, 5.74) is 3.29. The normalized spacial score (nSPS) is 23.5. The van der Waals surface area contributed by atoms with Gasteiger partial charge in [-0.25, -0.2) is 0 Å². The highest BCUT2D eigenvalue weighted by atomic mass is 28.3. The van der Waals surface area contributed by atoms with Gasteiger partial charge in [0.2, 0.25) is 12.3 Å². The van der Waals surface area contributed by atoms with Crippen LogP contribution < -0.4 is 19.7 Å². The molecule has 274 valence electrons. The highest BCUT2D eigenvalue weighted by Crippen LogP contribution is 2.60. The third-order valence-corrected chi connectivity index (χ3v) is 16.2. The van der Waals surface area contributed by atoms with Gasteiger partial charge in [0.25, 0.3) is 5.91 Å². The quantitative estimate of drug-likeness (QED) is 0.114. The lowest BCUT2D eigenvalue weighted by Gasteiger charge is -2.39. The van der Waals surface area contributed by atoms with E-state index in [0.717, 1.165) is 28.5 Å². The third-order valence-electron chi connectivity index (χ3n) is 11.8. The number of nitrogens with zero attached hydrogens (tertiary/aromatic N) is 3. The molecule has 53 heavy (non-hydrogen) atoms. The lowest BCUT2D eigenvalue weighted by atomic mass is 9.82. The lowest BCUT2D eigenvalue weighted by Crippen LogP contribution is -2.52. The number of methoxy groups -OCH3 is 1. The molecule has 1 spiro atoms. The largest absolute Gasteiger partial charge is 0.497 e. The summed E-state index contributed by atoms with van der Waals surface area (Å²) >= 11 is 0. The smallest absolute Gasteiger partial charge is 0.264 e. The van der Waals surface area contributed by atoms with E-state index in [-0.39, 0.29) is 48.9 Å². The Bertz CT molecular complexity index is 2020. The second-order valence-electron chi connectivity index (χ2n) is 14.9. The lowest BCUT2D eigenvalue weighted by molar-refractivity contribution is -0.150. The van der Waals surface area contributed by atoms with Crippen LogP contribution in [0.3, 0.4) is 0 Å². The van der Waals surface area contributed by atoms with Crippen molar-refractivity contribution < 1.29 is 29.0 Å². The summed E-state index contributed by atoms with van der Waals surface area (Å²) in [5, 5.41) is 11.6. The monoisotopic (exact) mass is 729 g/mol. The van der Waals surface area contributed by atoms with Gasteiger partial charge >= 0.3 is 0 Å². The molecular formula is C43H47N3O6Si. The molecule has 0 saturated carbocycles. The second-order valence-corrected chi connectivity index (χ2v) is 19.6. The maximum absolute atomic E-state index is 15.0. The number of benzene rings is 4. The Labute approximate surface area is 312 Å². The first kappa shape index (κ1) is 36.3. The van der Waals surface area contributed by atoms with Gasteiger partial charge < -0.3 is 24.4 Å². The molecule has 10 heteroatoms. The van der Waals surface area contributed by atoms with E-state index in [1.54, 1.807) is 27.9 Å². The molecular weight excluding hydrogens is 683 g/mol. The molecule has 7 rings (SSSR count). The van der Waals surface area contributed by atoms with Crippen LogP contribution in [0.5, 0.6) is 5.75 Å². The van der Waals surface area contributed by atoms with Crippen LogP contribution in [0.4, 0.5) is 17.1 Å². The topological polar surface area (TPSA) is 99.6 Å². The van der Waals surface area contributed by atoms with Crippen molar-refractivity contribution in [2.45, 2.75) is 62.7 Å².